The van der Waals surface area contributed by atoms with Crippen LogP contribution < -0.4 is 5.32 Å². The van der Waals surface area contributed by atoms with Crippen LogP contribution in [-0.2, 0) is 0 Å². The molecule has 1 aliphatic rings. The van der Waals surface area contributed by atoms with E-state index in [1.165, 1.54) is 18.2 Å². The molecule has 1 unspecified atom stereocenters. The Labute approximate surface area is 104 Å². The maximum Gasteiger partial charge on any atom is 0.293 e. The molecular weight excluding hydrogens is 234 g/mol. The molecule has 1 saturated carbocycles. The van der Waals surface area contributed by atoms with Gasteiger partial charge >= 0.3 is 0 Å². The van der Waals surface area contributed by atoms with E-state index in [4.69, 9.17) is 5.26 Å². The van der Waals surface area contributed by atoms with Crippen molar-refractivity contribution in [2.45, 2.75) is 18.9 Å². The molecular formula is C12H13N3O3. The van der Waals surface area contributed by atoms with Crippen LogP contribution in [0.4, 0.5) is 11.4 Å². The number of rotatable bonds is 5. The summed E-state index contributed by atoms with van der Waals surface area (Å²) in [6, 6.07) is 6.10. The molecule has 0 aliphatic heterocycles. The molecule has 0 radical (unpaired) electrons. The molecule has 6 heteroatoms. The fourth-order valence-electron chi connectivity index (χ4n) is 1.76. The minimum Gasteiger partial charge on any atom is -0.391 e. The lowest BCUT2D eigenvalue weighted by atomic mass is 10.1. The number of anilines is 1. The predicted molar refractivity (Wildman–Crippen MR) is 65.0 cm³/mol. The molecule has 2 rings (SSSR count). The third-order valence-electron chi connectivity index (χ3n) is 2.99. The molecule has 0 heterocycles. The van der Waals surface area contributed by atoms with Crippen molar-refractivity contribution in [3.8, 4) is 6.07 Å². The SMILES string of the molecule is N#Cc1ccc(NCC(O)C2CC2)c([N+](=O)[O-])c1. The van der Waals surface area contributed by atoms with Crippen molar-refractivity contribution in [3.05, 3.63) is 33.9 Å². The minimum atomic E-state index is -0.535. The highest BCUT2D eigenvalue weighted by molar-refractivity contribution is 5.64. The van der Waals surface area contributed by atoms with E-state index in [0.717, 1.165) is 12.8 Å². The summed E-state index contributed by atoms with van der Waals surface area (Å²) in [5.41, 5.74) is 0.436. The lowest BCUT2D eigenvalue weighted by molar-refractivity contribution is -0.384. The van der Waals surface area contributed by atoms with Gasteiger partial charge in [0.1, 0.15) is 5.69 Å². The molecule has 2 N–H and O–H groups in total. The standard InChI is InChI=1S/C12H13N3O3/c13-6-8-1-4-10(11(5-8)15(17)18)14-7-12(16)9-2-3-9/h1,4-5,9,12,14,16H,2-3,7H2. The van der Waals surface area contributed by atoms with Gasteiger partial charge in [0, 0.05) is 12.6 Å². The minimum absolute atomic E-state index is 0.142. The maximum atomic E-state index is 10.9. The Kier molecular flexibility index (Phi) is 3.44. The van der Waals surface area contributed by atoms with Gasteiger partial charge in [0.15, 0.2) is 0 Å². The summed E-state index contributed by atoms with van der Waals surface area (Å²) < 4.78 is 0. The van der Waals surface area contributed by atoms with E-state index in [1.807, 2.05) is 6.07 Å². The van der Waals surface area contributed by atoms with Gasteiger partial charge in [-0.25, -0.2) is 0 Å². The van der Waals surface area contributed by atoms with Crippen molar-refractivity contribution in [3.63, 3.8) is 0 Å². The Morgan fingerprint density at radius 1 is 1.61 bits per heavy atom. The molecule has 94 valence electrons. The Bertz CT molecular complexity index is 506. The highest BCUT2D eigenvalue weighted by Gasteiger charge is 2.29. The average Bonchev–Trinajstić information content (AvgIpc) is 3.19. The van der Waals surface area contributed by atoms with Gasteiger partial charge in [-0.15, -0.1) is 0 Å². The van der Waals surface area contributed by atoms with Crippen molar-refractivity contribution < 1.29 is 10.0 Å². The molecule has 0 bridgehead atoms. The number of nitro groups is 1. The molecule has 6 nitrogen and oxygen atoms in total. The summed E-state index contributed by atoms with van der Waals surface area (Å²) in [6.45, 7) is 0.289. The van der Waals surface area contributed by atoms with Crippen molar-refractivity contribution >= 4 is 11.4 Å². The van der Waals surface area contributed by atoms with Gasteiger partial charge < -0.3 is 10.4 Å². The lowest BCUT2D eigenvalue weighted by Gasteiger charge is -2.11. The summed E-state index contributed by atoms with van der Waals surface area (Å²) in [4.78, 5) is 10.3. The number of nitrogens with one attached hydrogen (secondary N) is 1. The van der Waals surface area contributed by atoms with Gasteiger partial charge in [-0.2, -0.15) is 5.26 Å². The second kappa shape index (κ2) is 5.02. The van der Waals surface area contributed by atoms with E-state index in [-0.39, 0.29) is 17.8 Å². The molecule has 0 saturated heterocycles. The van der Waals surface area contributed by atoms with Crippen LogP contribution in [0.15, 0.2) is 18.2 Å². The van der Waals surface area contributed by atoms with Crippen LogP contribution in [0.2, 0.25) is 0 Å². The molecule has 1 aliphatic carbocycles. The van der Waals surface area contributed by atoms with Crippen molar-refractivity contribution in [1.82, 2.24) is 0 Å². The van der Waals surface area contributed by atoms with Gasteiger partial charge in [-0.1, -0.05) is 0 Å². The number of hydrogen-bond donors (Lipinski definition) is 2. The van der Waals surface area contributed by atoms with Gasteiger partial charge in [-0.3, -0.25) is 10.1 Å². The second-order valence-electron chi connectivity index (χ2n) is 4.39. The van der Waals surface area contributed by atoms with Gasteiger partial charge in [-0.05, 0) is 30.9 Å². The Balaban J connectivity index is 2.11. The van der Waals surface area contributed by atoms with Crippen LogP contribution in [0, 0.1) is 27.4 Å². The van der Waals surface area contributed by atoms with E-state index < -0.39 is 11.0 Å². The number of aliphatic hydroxyl groups excluding tert-OH is 1. The van der Waals surface area contributed by atoms with Crippen LogP contribution in [0.1, 0.15) is 18.4 Å². The summed E-state index contributed by atoms with van der Waals surface area (Å²) in [5, 5.41) is 32.1. The average molecular weight is 247 g/mol. The first-order valence-electron chi connectivity index (χ1n) is 5.72. The predicted octanol–water partition coefficient (Wildman–Crippen LogP) is 1.65. The number of hydrogen-bond acceptors (Lipinski definition) is 5. The molecule has 18 heavy (non-hydrogen) atoms. The van der Waals surface area contributed by atoms with Crippen LogP contribution in [0.3, 0.4) is 0 Å². The molecule has 1 aromatic carbocycles. The van der Waals surface area contributed by atoms with Crippen molar-refractivity contribution in [2.24, 2.45) is 5.92 Å². The Hall–Kier alpha value is -2.13. The third-order valence-corrected chi connectivity index (χ3v) is 2.99. The molecule has 1 aromatic rings. The largest absolute Gasteiger partial charge is 0.391 e. The van der Waals surface area contributed by atoms with Crippen LogP contribution in [0.5, 0.6) is 0 Å². The molecule has 1 fully saturated rings. The lowest BCUT2D eigenvalue weighted by Crippen LogP contribution is -2.21. The summed E-state index contributed by atoms with van der Waals surface area (Å²) >= 11 is 0. The van der Waals surface area contributed by atoms with Crippen LogP contribution in [-0.4, -0.2) is 22.7 Å². The fraction of sp³-hybridized carbons (Fsp3) is 0.417. The monoisotopic (exact) mass is 247 g/mol. The second-order valence-corrected chi connectivity index (χ2v) is 4.39. The molecule has 1 atom stereocenters. The highest BCUT2D eigenvalue weighted by Crippen LogP contribution is 2.33. The Morgan fingerprint density at radius 3 is 2.89 bits per heavy atom. The summed E-state index contributed by atoms with van der Waals surface area (Å²) in [5.74, 6) is 0.315. The van der Waals surface area contributed by atoms with Gasteiger partial charge in [0.2, 0.25) is 0 Å². The molecule has 0 spiro atoms. The zero-order valence-electron chi connectivity index (χ0n) is 9.67. The third kappa shape index (κ3) is 2.76. The van der Waals surface area contributed by atoms with E-state index >= 15 is 0 Å². The quantitative estimate of drug-likeness (QED) is 0.608. The normalized spacial score (nSPS) is 15.8. The number of nitro benzene ring substituents is 1. The fourth-order valence-corrected chi connectivity index (χ4v) is 1.76. The van der Waals surface area contributed by atoms with Crippen LogP contribution >= 0.6 is 0 Å². The van der Waals surface area contributed by atoms with E-state index in [0.29, 0.717) is 11.6 Å². The van der Waals surface area contributed by atoms with Crippen LogP contribution in [0.25, 0.3) is 0 Å². The Morgan fingerprint density at radius 2 is 2.33 bits per heavy atom. The highest BCUT2D eigenvalue weighted by atomic mass is 16.6. The van der Waals surface area contributed by atoms with Gasteiger partial charge in [0.25, 0.3) is 5.69 Å². The number of nitriles is 1. The molecule has 0 aromatic heterocycles. The summed E-state index contributed by atoms with van der Waals surface area (Å²) in [7, 11) is 0. The first kappa shape index (κ1) is 12.3. The van der Waals surface area contributed by atoms with E-state index in [9.17, 15) is 15.2 Å². The first-order chi connectivity index (χ1) is 8.61. The summed E-state index contributed by atoms with van der Waals surface area (Å²) in [6.07, 6.45) is 1.55. The van der Waals surface area contributed by atoms with E-state index in [2.05, 4.69) is 5.32 Å². The first-order valence-corrected chi connectivity index (χ1v) is 5.72. The van der Waals surface area contributed by atoms with Gasteiger partial charge in [0.05, 0.1) is 22.7 Å². The number of nitrogens with zero attached hydrogens (tertiary/aromatic N) is 2. The smallest absolute Gasteiger partial charge is 0.293 e. The van der Waals surface area contributed by atoms with E-state index in [1.54, 1.807) is 0 Å². The molecule has 0 amide bonds. The van der Waals surface area contributed by atoms with Crippen molar-refractivity contribution in [1.29, 1.82) is 5.26 Å². The topological polar surface area (TPSA) is 99.2 Å². The zero-order chi connectivity index (χ0) is 13.1. The number of benzene rings is 1. The number of aliphatic hydroxyl groups is 1. The zero-order valence-corrected chi connectivity index (χ0v) is 9.67. The van der Waals surface area contributed by atoms with Crippen molar-refractivity contribution in [2.75, 3.05) is 11.9 Å². The maximum absolute atomic E-state index is 10.9.